The van der Waals surface area contributed by atoms with E-state index >= 15 is 0 Å². The molecular weight excluding hydrogens is 312 g/mol. The molecule has 23 heavy (non-hydrogen) atoms. The molecule has 1 aliphatic heterocycles. The topological polar surface area (TPSA) is 60.4 Å². The van der Waals surface area contributed by atoms with Crippen LogP contribution < -0.4 is 0 Å². The van der Waals surface area contributed by atoms with Crippen LogP contribution in [0.4, 0.5) is 0 Å². The summed E-state index contributed by atoms with van der Waals surface area (Å²) in [6.07, 6.45) is 0.540. The van der Waals surface area contributed by atoms with E-state index in [-0.39, 0.29) is 29.8 Å². The van der Waals surface area contributed by atoms with Gasteiger partial charge in [0.2, 0.25) is 0 Å². The average Bonchev–Trinajstić information content (AvgIpc) is 2.79. The van der Waals surface area contributed by atoms with Crippen LogP contribution >= 0.6 is 0 Å². The van der Waals surface area contributed by atoms with Gasteiger partial charge < -0.3 is 4.74 Å². The van der Waals surface area contributed by atoms with Crippen LogP contribution in [0.5, 0.6) is 0 Å². The second-order valence-electron chi connectivity index (χ2n) is 5.60. The van der Waals surface area contributed by atoms with E-state index < -0.39 is 15.1 Å². The van der Waals surface area contributed by atoms with Gasteiger partial charge in [0.05, 0.1) is 11.0 Å². The fraction of sp³-hybridized carbons (Fsp3) is 0.278. The fourth-order valence-corrected chi connectivity index (χ4v) is 4.58. The van der Waals surface area contributed by atoms with Gasteiger partial charge in [0, 0.05) is 0 Å². The summed E-state index contributed by atoms with van der Waals surface area (Å²) in [5.74, 6) is -0.368. The molecule has 120 valence electrons. The van der Waals surface area contributed by atoms with E-state index in [1.807, 2.05) is 30.3 Å². The molecule has 1 heterocycles. The van der Waals surface area contributed by atoms with E-state index in [4.69, 9.17) is 4.74 Å². The Balaban J connectivity index is 1.84. The maximum atomic E-state index is 12.7. The van der Waals surface area contributed by atoms with Crippen molar-refractivity contribution in [2.24, 2.45) is 0 Å². The van der Waals surface area contributed by atoms with Crippen molar-refractivity contribution in [1.82, 2.24) is 0 Å². The van der Waals surface area contributed by atoms with Gasteiger partial charge >= 0.3 is 0 Å². The fourth-order valence-electron chi connectivity index (χ4n) is 2.86. The van der Waals surface area contributed by atoms with Gasteiger partial charge in [-0.2, -0.15) is 0 Å². The smallest absolute Gasteiger partial charge is 0.188 e. The quantitative estimate of drug-likeness (QED) is 0.868. The summed E-state index contributed by atoms with van der Waals surface area (Å²) in [4.78, 5) is 12.5. The van der Waals surface area contributed by atoms with Crippen molar-refractivity contribution in [3.05, 3.63) is 66.2 Å². The Labute approximate surface area is 136 Å². The molecule has 0 saturated carbocycles. The maximum Gasteiger partial charge on any atom is 0.188 e. The van der Waals surface area contributed by atoms with E-state index in [1.165, 1.54) is 12.1 Å². The Morgan fingerprint density at radius 3 is 2.13 bits per heavy atom. The van der Waals surface area contributed by atoms with Gasteiger partial charge in [-0.15, -0.1) is 0 Å². The number of carbonyl (C=O) groups excluding carboxylic acids is 1. The zero-order valence-electron chi connectivity index (χ0n) is 12.6. The Morgan fingerprint density at radius 2 is 1.48 bits per heavy atom. The van der Waals surface area contributed by atoms with Crippen LogP contribution in [0.2, 0.25) is 0 Å². The lowest BCUT2D eigenvalue weighted by Gasteiger charge is -2.15. The van der Waals surface area contributed by atoms with Crippen LogP contribution in [0.15, 0.2) is 65.6 Å². The van der Waals surface area contributed by atoms with E-state index in [0.717, 1.165) is 5.56 Å². The summed E-state index contributed by atoms with van der Waals surface area (Å²) in [6.45, 7) is -0.170. The molecular formula is C18H18O4S. The van der Waals surface area contributed by atoms with Crippen molar-refractivity contribution >= 4 is 15.6 Å². The number of sulfone groups is 1. The predicted octanol–water partition coefficient (Wildman–Crippen LogP) is 2.95. The van der Waals surface area contributed by atoms with Crippen LogP contribution in [-0.4, -0.2) is 26.1 Å². The van der Waals surface area contributed by atoms with Crippen molar-refractivity contribution in [3.8, 4) is 0 Å². The minimum Gasteiger partial charge on any atom is -0.366 e. The lowest BCUT2D eigenvalue weighted by Crippen LogP contribution is -2.31. The first kappa shape index (κ1) is 15.9. The number of ether oxygens (including phenoxy) is 1. The highest BCUT2D eigenvalue weighted by molar-refractivity contribution is 7.92. The highest BCUT2D eigenvalue weighted by Crippen LogP contribution is 2.30. The standard InChI is InChI=1S/C18H18O4S/c19-16-13-22-17(14-7-3-1-4-8-14)11-12-18(16)23(20,21)15-9-5-2-6-10-15/h1-10,17-18H,11-13H2. The number of rotatable bonds is 3. The highest BCUT2D eigenvalue weighted by Gasteiger charge is 2.36. The zero-order valence-corrected chi connectivity index (χ0v) is 13.4. The summed E-state index contributed by atoms with van der Waals surface area (Å²) in [6, 6.07) is 17.7. The summed E-state index contributed by atoms with van der Waals surface area (Å²) < 4.78 is 31.1. The first-order chi connectivity index (χ1) is 11.1. The Hall–Kier alpha value is -1.98. The molecule has 0 bridgehead atoms. The van der Waals surface area contributed by atoms with Crippen molar-refractivity contribution in [3.63, 3.8) is 0 Å². The number of hydrogen-bond acceptors (Lipinski definition) is 4. The summed E-state index contributed by atoms with van der Waals surface area (Å²) in [7, 11) is -3.67. The van der Waals surface area contributed by atoms with E-state index in [2.05, 4.69) is 0 Å². The molecule has 5 heteroatoms. The predicted molar refractivity (Wildman–Crippen MR) is 86.8 cm³/mol. The molecule has 0 aromatic heterocycles. The number of benzene rings is 2. The summed E-state index contributed by atoms with van der Waals surface area (Å²) >= 11 is 0. The van der Waals surface area contributed by atoms with Gasteiger partial charge in [0.1, 0.15) is 11.9 Å². The van der Waals surface area contributed by atoms with Gasteiger partial charge in [0.15, 0.2) is 15.6 Å². The van der Waals surface area contributed by atoms with E-state index in [0.29, 0.717) is 6.42 Å². The van der Waals surface area contributed by atoms with Crippen LogP contribution in [0.25, 0.3) is 0 Å². The normalized spacial score (nSPS) is 22.5. The third-order valence-corrected chi connectivity index (χ3v) is 6.27. The van der Waals surface area contributed by atoms with E-state index in [9.17, 15) is 13.2 Å². The first-order valence-electron chi connectivity index (χ1n) is 7.57. The second kappa shape index (κ2) is 6.64. The molecule has 0 radical (unpaired) electrons. The highest BCUT2D eigenvalue weighted by atomic mass is 32.2. The largest absolute Gasteiger partial charge is 0.366 e. The molecule has 1 aliphatic rings. The van der Waals surface area contributed by atoms with Crippen LogP contribution in [0.3, 0.4) is 0 Å². The van der Waals surface area contributed by atoms with Crippen LogP contribution in [0.1, 0.15) is 24.5 Å². The van der Waals surface area contributed by atoms with Gasteiger partial charge in [-0.25, -0.2) is 8.42 Å². The van der Waals surface area contributed by atoms with Gasteiger partial charge in [0.25, 0.3) is 0 Å². The monoisotopic (exact) mass is 330 g/mol. The average molecular weight is 330 g/mol. The molecule has 0 aliphatic carbocycles. The Kier molecular flexibility index (Phi) is 4.59. The molecule has 2 aromatic carbocycles. The molecule has 0 spiro atoms. The number of carbonyl (C=O) groups is 1. The van der Waals surface area contributed by atoms with Crippen LogP contribution in [0, 0.1) is 0 Å². The number of hydrogen-bond donors (Lipinski definition) is 0. The zero-order chi connectivity index (χ0) is 16.3. The third kappa shape index (κ3) is 3.35. The number of Topliss-reactive ketones (excluding diaryl/α,β-unsaturated/α-hetero) is 1. The van der Waals surface area contributed by atoms with Crippen molar-refractivity contribution in [2.45, 2.75) is 29.1 Å². The first-order valence-corrected chi connectivity index (χ1v) is 9.12. The van der Waals surface area contributed by atoms with Crippen molar-refractivity contribution < 1.29 is 17.9 Å². The minimum absolute atomic E-state index is 0.170. The third-order valence-electron chi connectivity index (χ3n) is 4.09. The molecule has 2 atom stereocenters. The molecule has 2 unspecified atom stereocenters. The molecule has 0 amide bonds. The molecule has 1 fully saturated rings. The SMILES string of the molecule is O=C1COC(c2ccccc2)CCC1S(=O)(=O)c1ccccc1. The lowest BCUT2D eigenvalue weighted by molar-refractivity contribution is -0.123. The van der Waals surface area contributed by atoms with Crippen molar-refractivity contribution in [1.29, 1.82) is 0 Å². The summed E-state index contributed by atoms with van der Waals surface area (Å²) in [5.41, 5.74) is 0.970. The Morgan fingerprint density at radius 1 is 0.870 bits per heavy atom. The molecule has 4 nitrogen and oxygen atoms in total. The lowest BCUT2D eigenvalue weighted by atomic mass is 10.0. The van der Waals surface area contributed by atoms with Gasteiger partial charge in [-0.05, 0) is 30.5 Å². The second-order valence-corrected chi connectivity index (χ2v) is 7.73. The van der Waals surface area contributed by atoms with E-state index in [1.54, 1.807) is 18.2 Å². The molecule has 1 saturated heterocycles. The number of ketones is 1. The van der Waals surface area contributed by atoms with Crippen LogP contribution in [-0.2, 0) is 19.4 Å². The molecule has 3 rings (SSSR count). The Bertz CT molecular complexity index is 769. The molecule has 2 aromatic rings. The maximum absolute atomic E-state index is 12.7. The van der Waals surface area contributed by atoms with Gasteiger partial charge in [-0.1, -0.05) is 48.5 Å². The minimum atomic E-state index is -3.67. The summed E-state index contributed by atoms with van der Waals surface area (Å²) in [5, 5.41) is -1.03. The molecule has 0 N–H and O–H groups in total. The van der Waals surface area contributed by atoms with Gasteiger partial charge in [-0.3, -0.25) is 4.79 Å². The van der Waals surface area contributed by atoms with Crippen molar-refractivity contribution in [2.75, 3.05) is 6.61 Å².